The number of aromatic nitrogens is 1. The molecule has 0 amide bonds. The predicted octanol–water partition coefficient (Wildman–Crippen LogP) is 3.20. The lowest BCUT2D eigenvalue weighted by atomic mass is 10.2. The molecule has 0 unspecified atom stereocenters. The summed E-state index contributed by atoms with van der Waals surface area (Å²) in [5.74, 6) is -0.289. The van der Waals surface area contributed by atoms with Crippen LogP contribution in [-0.2, 0) is 6.61 Å². The second-order valence-corrected chi connectivity index (χ2v) is 4.71. The Morgan fingerprint density at radius 3 is 2.87 bits per heavy atom. The summed E-state index contributed by atoms with van der Waals surface area (Å²) in [6.07, 6.45) is 0. The summed E-state index contributed by atoms with van der Waals surface area (Å²) in [4.78, 5) is 4.21. The van der Waals surface area contributed by atoms with Crippen molar-refractivity contribution in [3.63, 3.8) is 0 Å². The Morgan fingerprint density at radius 2 is 2.27 bits per heavy atom. The van der Waals surface area contributed by atoms with E-state index in [4.69, 9.17) is 5.11 Å². The largest absolute Gasteiger partial charge is 0.389 e. The molecule has 0 atom stereocenters. The Bertz CT molecular complexity index is 486. The van der Waals surface area contributed by atoms with Crippen molar-refractivity contribution in [3.8, 4) is 11.3 Å². The zero-order valence-corrected chi connectivity index (χ0v) is 9.98. The molecular weight excluding hydrogens is 281 g/mol. The topological polar surface area (TPSA) is 33.1 Å². The molecule has 2 rings (SSSR count). The molecule has 0 spiro atoms. The van der Waals surface area contributed by atoms with Crippen LogP contribution in [0.2, 0.25) is 0 Å². The van der Waals surface area contributed by atoms with Gasteiger partial charge in [-0.2, -0.15) is 0 Å². The number of hydrogen-bond donors (Lipinski definition) is 1. The fourth-order valence-electron chi connectivity index (χ4n) is 1.20. The van der Waals surface area contributed by atoms with Crippen molar-refractivity contribution < 1.29 is 9.50 Å². The first kappa shape index (κ1) is 10.7. The first-order valence-corrected chi connectivity index (χ1v) is 5.88. The lowest BCUT2D eigenvalue weighted by Crippen LogP contribution is -1.84. The van der Waals surface area contributed by atoms with Crippen LogP contribution in [0.25, 0.3) is 11.3 Å². The van der Waals surface area contributed by atoms with E-state index in [9.17, 15) is 4.39 Å². The molecule has 2 nitrogen and oxygen atoms in total. The van der Waals surface area contributed by atoms with Crippen LogP contribution in [0, 0.1) is 5.82 Å². The predicted molar refractivity (Wildman–Crippen MR) is 61.1 cm³/mol. The molecule has 0 aliphatic rings. The van der Waals surface area contributed by atoms with Gasteiger partial charge in [0.1, 0.15) is 10.8 Å². The lowest BCUT2D eigenvalue weighted by molar-refractivity contribution is 0.281. The molecule has 1 aromatic heterocycles. The molecular formula is C10H7BrFNOS. The highest BCUT2D eigenvalue weighted by atomic mass is 79.9. The van der Waals surface area contributed by atoms with Crippen molar-refractivity contribution in [2.75, 3.05) is 0 Å². The quantitative estimate of drug-likeness (QED) is 0.920. The molecule has 0 bridgehead atoms. The third-order valence-electron chi connectivity index (χ3n) is 1.89. The summed E-state index contributed by atoms with van der Waals surface area (Å²) < 4.78 is 13.5. The van der Waals surface area contributed by atoms with Gasteiger partial charge >= 0.3 is 0 Å². The van der Waals surface area contributed by atoms with E-state index in [0.717, 1.165) is 11.3 Å². The Balaban J connectivity index is 2.44. The first-order valence-electron chi connectivity index (χ1n) is 4.21. The number of aliphatic hydroxyl groups is 1. The molecule has 0 aliphatic heterocycles. The average Bonchev–Trinajstić information content (AvgIpc) is 2.66. The maximum absolute atomic E-state index is 12.8. The van der Waals surface area contributed by atoms with Crippen LogP contribution < -0.4 is 0 Å². The highest BCUT2D eigenvalue weighted by Gasteiger charge is 2.08. The van der Waals surface area contributed by atoms with Crippen LogP contribution in [0.1, 0.15) is 5.01 Å². The van der Waals surface area contributed by atoms with Gasteiger partial charge in [0.2, 0.25) is 0 Å². The third kappa shape index (κ3) is 2.25. The molecule has 2 aromatic rings. The molecule has 0 fully saturated rings. The summed E-state index contributed by atoms with van der Waals surface area (Å²) in [5.41, 5.74) is 1.57. The molecule has 5 heteroatoms. The zero-order valence-electron chi connectivity index (χ0n) is 7.58. The van der Waals surface area contributed by atoms with Crippen molar-refractivity contribution in [2.24, 2.45) is 0 Å². The van der Waals surface area contributed by atoms with Crippen LogP contribution in [0.5, 0.6) is 0 Å². The van der Waals surface area contributed by atoms with E-state index in [1.807, 2.05) is 5.38 Å². The number of aliphatic hydroxyl groups excluding tert-OH is 1. The van der Waals surface area contributed by atoms with Crippen molar-refractivity contribution in [3.05, 3.63) is 38.9 Å². The molecule has 15 heavy (non-hydrogen) atoms. The summed E-state index contributed by atoms with van der Waals surface area (Å²) in [7, 11) is 0. The molecule has 0 aliphatic carbocycles. The monoisotopic (exact) mass is 287 g/mol. The molecule has 1 N–H and O–H groups in total. The smallest absolute Gasteiger partial charge is 0.124 e. The van der Waals surface area contributed by atoms with Crippen molar-refractivity contribution in [1.82, 2.24) is 4.98 Å². The summed E-state index contributed by atoms with van der Waals surface area (Å²) in [5, 5.41) is 11.4. The van der Waals surface area contributed by atoms with E-state index in [1.165, 1.54) is 23.5 Å². The van der Waals surface area contributed by atoms with Crippen LogP contribution in [0.3, 0.4) is 0 Å². The number of thiazole rings is 1. The van der Waals surface area contributed by atoms with Crippen LogP contribution in [-0.4, -0.2) is 10.1 Å². The Morgan fingerprint density at radius 1 is 1.47 bits per heavy atom. The Kier molecular flexibility index (Phi) is 3.14. The minimum absolute atomic E-state index is 0.0660. The van der Waals surface area contributed by atoms with E-state index in [0.29, 0.717) is 9.48 Å². The van der Waals surface area contributed by atoms with E-state index < -0.39 is 0 Å². The third-order valence-corrected chi connectivity index (χ3v) is 3.38. The van der Waals surface area contributed by atoms with E-state index >= 15 is 0 Å². The van der Waals surface area contributed by atoms with E-state index in [2.05, 4.69) is 20.9 Å². The number of nitrogens with zero attached hydrogens (tertiary/aromatic N) is 1. The van der Waals surface area contributed by atoms with Gasteiger partial charge in [-0.25, -0.2) is 9.37 Å². The van der Waals surface area contributed by atoms with Gasteiger partial charge in [0.05, 0.1) is 12.3 Å². The van der Waals surface area contributed by atoms with Gasteiger partial charge in [0.15, 0.2) is 0 Å². The molecule has 1 heterocycles. The summed E-state index contributed by atoms with van der Waals surface area (Å²) in [6.45, 7) is -0.0660. The maximum atomic E-state index is 12.8. The van der Waals surface area contributed by atoms with E-state index in [-0.39, 0.29) is 12.4 Å². The molecule has 0 saturated heterocycles. The first-order chi connectivity index (χ1) is 7.20. The van der Waals surface area contributed by atoms with Crippen LogP contribution >= 0.6 is 27.3 Å². The van der Waals surface area contributed by atoms with Crippen LogP contribution in [0.4, 0.5) is 4.39 Å². The standard InChI is InChI=1S/C10H7BrFNOS/c11-8-3-6(12)1-2-7(8)9-5-15-10(4-14)13-9/h1-3,5,14H,4H2. The second kappa shape index (κ2) is 4.38. The lowest BCUT2D eigenvalue weighted by Gasteiger charge is -2.00. The molecule has 1 aromatic carbocycles. The van der Waals surface area contributed by atoms with Gasteiger partial charge in [-0.1, -0.05) is 0 Å². The number of hydrogen-bond acceptors (Lipinski definition) is 3. The highest BCUT2D eigenvalue weighted by molar-refractivity contribution is 9.10. The van der Waals surface area contributed by atoms with Crippen LogP contribution in [0.15, 0.2) is 28.1 Å². The highest BCUT2D eigenvalue weighted by Crippen LogP contribution is 2.29. The average molecular weight is 288 g/mol. The van der Waals surface area contributed by atoms with Gasteiger partial charge in [0.25, 0.3) is 0 Å². The minimum Gasteiger partial charge on any atom is -0.389 e. The van der Waals surface area contributed by atoms with Crippen molar-refractivity contribution in [2.45, 2.75) is 6.61 Å². The Hall–Kier alpha value is -0.780. The van der Waals surface area contributed by atoms with Gasteiger partial charge in [0, 0.05) is 15.4 Å². The van der Waals surface area contributed by atoms with Gasteiger partial charge in [-0.3, -0.25) is 0 Å². The molecule has 0 saturated carbocycles. The SMILES string of the molecule is OCc1nc(-c2ccc(F)cc2Br)cs1. The number of benzene rings is 1. The normalized spacial score (nSPS) is 10.6. The minimum atomic E-state index is -0.289. The van der Waals surface area contributed by atoms with Crippen molar-refractivity contribution in [1.29, 1.82) is 0 Å². The summed E-state index contributed by atoms with van der Waals surface area (Å²) >= 11 is 4.66. The molecule has 0 radical (unpaired) electrons. The van der Waals surface area contributed by atoms with Gasteiger partial charge in [-0.15, -0.1) is 11.3 Å². The summed E-state index contributed by atoms with van der Waals surface area (Å²) in [6, 6.07) is 4.45. The fourth-order valence-corrected chi connectivity index (χ4v) is 2.41. The number of halogens is 2. The van der Waals surface area contributed by atoms with Crippen molar-refractivity contribution >= 4 is 27.3 Å². The maximum Gasteiger partial charge on any atom is 0.124 e. The second-order valence-electron chi connectivity index (χ2n) is 2.91. The Labute approximate surface area is 98.5 Å². The number of rotatable bonds is 2. The molecule has 78 valence electrons. The van der Waals surface area contributed by atoms with Gasteiger partial charge in [-0.05, 0) is 34.1 Å². The zero-order chi connectivity index (χ0) is 10.8. The van der Waals surface area contributed by atoms with Gasteiger partial charge < -0.3 is 5.11 Å². The van der Waals surface area contributed by atoms with E-state index in [1.54, 1.807) is 6.07 Å². The fraction of sp³-hybridized carbons (Fsp3) is 0.100.